The van der Waals surface area contributed by atoms with Gasteiger partial charge in [0.1, 0.15) is 4.90 Å². The first-order valence-corrected chi connectivity index (χ1v) is 17.6. The van der Waals surface area contributed by atoms with Crippen LogP contribution in [0.3, 0.4) is 0 Å². The first-order chi connectivity index (χ1) is 19.6. The van der Waals surface area contributed by atoms with Crippen LogP contribution in [0.1, 0.15) is 38.7 Å². The molecule has 2 aromatic heterocycles. The lowest BCUT2D eigenvalue weighted by molar-refractivity contribution is -0.130. The maximum absolute atomic E-state index is 12.9. The molecule has 1 aliphatic rings. The third-order valence-electron chi connectivity index (χ3n) is 7.33. The highest BCUT2D eigenvalue weighted by Crippen LogP contribution is 2.23. The van der Waals surface area contributed by atoms with E-state index in [9.17, 15) is 21.6 Å². The quantitative estimate of drug-likeness (QED) is 0.267. The van der Waals surface area contributed by atoms with E-state index in [1.807, 2.05) is 12.1 Å². The predicted octanol–water partition coefficient (Wildman–Crippen LogP) is 3.33. The number of pyridine rings is 1. The van der Waals surface area contributed by atoms with Crippen molar-refractivity contribution < 1.29 is 21.6 Å². The average Bonchev–Trinajstić information content (AvgIpc) is 3.46. The van der Waals surface area contributed by atoms with Gasteiger partial charge in [0, 0.05) is 49.6 Å². The number of thiazole rings is 1. The van der Waals surface area contributed by atoms with E-state index in [-0.39, 0.29) is 32.6 Å². The van der Waals surface area contributed by atoms with Crippen LogP contribution >= 0.6 is 11.3 Å². The van der Waals surface area contributed by atoms with E-state index in [1.54, 1.807) is 28.5 Å². The second-order valence-electron chi connectivity index (χ2n) is 10.1. The topological polar surface area (TPSA) is 121 Å². The number of likely N-dealkylation sites (N-methyl/N-ethyl adjacent to an activating group) is 1. The lowest BCUT2D eigenvalue weighted by atomic mass is 10.1. The normalized spacial score (nSPS) is 16.2. The zero-order valence-corrected chi connectivity index (χ0v) is 25.9. The van der Waals surface area contributed by atoms with Crippen molar-refractivity contribution in [3.8, 4) is 0 Å². The Morgan fingerprint density at radius 2 is 1.80 bits per heavy atom. The average molecular weight is 620 g/mol. The molecular formula is C28H37N5O5S3. The second kappa shape index (κ2) is 14.0. The van der Waals surface area contributed by atoms with Crippen molar-refractivity contribution in [3.63, 3.8) is 0 Å². The van der Waals surface area contributed by atoms with Crippen molar-refractivity contribution in [2.24, 2.45) is 0 Å². The van der Waals surface area contributed by atoms with E-state index in [0.29, 0.717) is 26.1 Å². The lowest BCUT2D eigenvalue weighted by Crippen LogP contribution is -2.40. The molecule has 1 amide bonds. The van der Waals surface area contributed by atoms with Gasteiger partial charge in [-0.05, 0) is 75.5 Å². The van der Waals surface area contributed by atoms with Crippen LogP contribution < -0.4 is 0 Å². The Balaban J connectivity index is 1.24. The van der Waals surface area contributed by atoms with Crippen LogP contribution in [0.4, 0.5) is 0 Å². The SMILES string of the molecule is CCN(CCCCN1CCCN(S(=O)(=O)c2cccnc2)CC1=O)C(C)Cc1ccc(S(=O)(=O)c2nccs2)cc1. The Morgan fingerprint density at radius 1 is 1.02 bits per heavy atom. The number of rotatable bonds is 13. The molecule has 0 bridgehead atoms. The molecule has 1 atom stereocenters. The fourth-order valence-electron chi connectivity index (χ4n) is 5.01. The van der Waals surface area contributed by atoms with Crippen molar-refractivity contribution in [2.75, 3.05) is 39.3 Å². The Hall–Kier alpha value is -2.71. The highest BCUT2D eigenvalue weighted by molar-refractivity contribution is 7.93. The maximum Gasteiger partial charge on any atom is 0.245 e. The third-order valence-corrected chi connectivity index (χ3v) is 12.1. The van der Waals surface area contributed by atoms with E-state index in [4.69, 9.17) is 0 Å². The number of aromatic nitrogens is 2. The van der Waals surface area contributed by atoms with Crippen LogP contribution in [0.15, 0.2) is 74.5 Å². The minimum atomic E-state index is -3.75. The van der Waals surface area contributed by atoms with E-state index < -0.39 is 19.9 Å². The molecule has 0 N–H and O–H groups in total. The molecule has 10 nitrogen and oxygen atoms in total. The van der Waals surface area contributed by atoms with E-state index in [1.165, 1.54) is 29.0 Å². The van der Waals surface area contributed by atoms with Gasteiger partial charge in [-0.2, -0.15) is 4.31 Å². The summed E-state index contributed by atoms with van der Waals surface area (Å²) >= 11 is 1.11. The zero-order valence-electron chi connectivity index (χ0n) is 23.4. The molecule has 1 unspecified atom stereocenters. The number of sulfone groups is 1. The molecule has 1 saturated heterocycles. The molecule has 4 rings (SSSR count). The molecular weight excluding hydrogens is 583 g/mol. The fraction of sp³-hybridized carbons (Fsp3) is 0.464. The first-order valence-electron chi connectivity index (χ1n) is 13.8. The Bertz CT molecular complexity index is 1480. The summed E-state index contributed by atoms with van der Waals surface area (Å²) < 4.78 is 52.6. The van der Waals surface area contributed by atoms with Crippen LogP contribution in [0, 0.1) is 0 Å². The third kappa shape index (κ3) is 7.77. The summed E-state index contributed by atoms with van der Waals surface area (Å²) in [6.45, 7) is 7.33. The summed E-state index contributed by atoms with van der Waals surface area (Å²) in [5, 5.41) is 1.65. The first kappa shape index (κ1) is 31.2. The van der Waals surface area contributed by atoms with E-state index in [2.05, 4.69) is 28.7 Å². The molecule has 222 valence electrons. The molecule has 1 aromatic carbocycles. The zero-order chi connectivity index (χ0) is 29.5. The van der Waals surface area contributed by atoms with Crippen molar-refractivity contribution in [1.82, 2.24) is 24.1 Å². The standard InChI is InChI=1S/C28H37N5O5S3/c1-3-31(23(2)20-24-9-11-25(12-10-24)40(35,36)28-30-14-19-39-28)15-4-5-16-32-17-7-18-33(22-27(32)34)41(37,38)26-8-6-13-29-21-26/h6,8-14,19,21,23H,3-5,7,15-18,20,22H2,1-2H3. The summed E-state index contributed by atoms with van der Waals surface area (Å²) in [5.74, 6) is -0.170. The highest BCUT2D eigenvalue weighted by Gasteiger charge is 2.31. The van der Waals surface area contributed by atoms with E-state index in [0.717, 1.165) is 49.3 Å². The highest BCUT2D eigenvalue weighted by atomic mass is 32.2. The number of carbonyl (C=O) groups excluding carboxylic acids is 1. The minimum Gasteiger partial charge on any atom is -0.342 e. The minimum absolute atomic E-state index is 0.102. The van der Waals surface area contributed by atoms with Gasteiger partial charge in [0.15, 0.2) is 0 Å². The molecule has 13 heteroatoms. The van der Waals surface area contributed by atoms with Gasteiger partial charge in [0.05, 0.1) is 11.4 Å². The fourth-order valence-corrected chi connectivity index (χ4v) is 8.62. The summed E-state index contributed by atoms with van der Waals surface area (Å²) in [6, 6.07) is 10.4. The molecule has 1 aliphatic heterocycles. The number of benzene rings is 1. The van der Waals surface area contributed by atoms with Gasteiger partial charge in [0.2, 0.25) is 30.1 Å². The van der Waals surface area contributed by atoms with Crippen LogP contribution in [-0.4, -0.2) is 92.1 Å². The molecule has 0 radical (unpaired) electrons. The Labute approximate surface area is 247 Å². The van der Waals surface area contributed by atoms with Crippen LogP contribution in [0.25, 0.3) is 0 Å². The van der Waals surface area contributed by atoms with Crippen molar-refractivity contribution >= 4 is 37.1 Å². The van der Waals surface area contributed by atoms with Crippen molar-refractivity contribution in [3.05, 3.63) is 65.9 Å². The van der Waals surface area contributed by atoms with Gasteiger partial charge >= 0.3 is 0 Å². The number of sulfonamides is 1. The Morgan fingerprint density at radius 3 is 2.46 bits per heavy atom. The number of carbonyl (C=O) groups is 1. The van der Waals surface area contributed by atoms with Crippen LogP contribution in [-0.2, 0) is 31.1 Å². The van der Waals surface area contributed by atoms with Crippen molar-refractivity contribution in [1.29, 1.82) is 0 Å². The monoisotopic (exact) mass is 619 g/mol. The van der Waals surface area contributed by atoms with Crippen molar-refractivity contribution in [2.45, 2.75) is 59.7 Å². The van der Waals surface area contributed by atoms with Gasteiger partial charge < -0.3 is 9.80 Å². The summed E-state index contributed by atoms with van der Waals surface area (Å²) in [5.41, 5.74) is 1.06. The lowest BCUT2D eigenvalue weighted by Gasteiger charge is -2.28. The summed E-state index contributed by atoms with van der Waals surface area (Å²) in [7, 11) is -7.33. The molecule has 0 saturated carbocycles. The molecule has 0 aliphatic carbocycles. The van der Waals surface area contributed by atoms with Gasteiger partial charge in [0.25, 0.3) is 0 Å². The molecule has 1 fully saturated rings. The molecule has 41 heavy (non-hydrogen) atoms. The van der Waals surface area contributed by atoms with Gasteiger partial charge in [-0.3, -0.25) is 9.78 Å². The second-order valence-corrected chi connectivity index (χ2v) is 15.1. The molecule has 0 spiro atoms. The van der Waals surface area contributed by atoms with Crippen LogP contribution in [0.5, 0.6) is 0 Å². The number of unbranched alkanes of at least 4 members (excludes halogenated alkanes) is 1. The predicted molar refractivity (Wildman–Crippen MR) is 158 cm³/mol. The number of amides is 1. The van der Waals surface area contributed by atoms with E-state index >= 15 is 0 Å². The number of nitrogens with zero attached hydrogens (tertiary/aromatic N) is 5. The van der Waals surface area contributed by atoms with Gasteiger partial charge in [-0.25, -0.2) is 21.8 Å². The maximum atomic E-state index is 12.9. The summed E-state index contributed by atoms with van der Waals surface area (Å²) in [4.78, 5) is 25.3. The van der Waals surface area contributed by atoms with Crippen LogP contribution in [0.2, 0.25) is 0 Å². The Kier molecular flexibility index (Phi) is 10.6. The number of hydrogen-bond donors (Lipinski definition) is 0. The number of hydrogen-bond acceptors (Lipinski definition) is 9. The molecule has 3 aromatic rings. The van der Waals surface area contributed by atoms with Gasteiger partial charge in [-0.15, -0.1) is 11.3 Å². The smallest absolute Gasteiger partial charge is 0.245 e. The largest absolute Gasteiger partial charge is 0.342 e. The summed E-state index contributed by atoms with van der Waals surface area (Å²) in [6.07, 6.45) is 7.44. The molecule has 3 heterocycles. The van der Waals surface area contributed by atoms with Gasteiger partial charge in [-0.1, -0.05) is 19.1 Å².